The molecule has 0 aromatic heterocycles. The van der Waals surface area contributed by atoms with Crippen LogP contribution in [0.4, 0.5) is 0 Å². The molecule has 0 bridgehead atoms. The Morgan fingerprint density at radius 2 is 0.820 bits per heavy atom. The fraction of sp³-hybridized carbons (Fsp3) is 0.120. The van der Waals surface area contributed by atoms with Gasteiger partial charge in [0.2, 0.25) is 0 Å². The summed E-state index contributed by atoms with van der Waals surface area (Å²) in [5.41, 5.74) is 15.2. The van der Waals surface area contributed by atoms with Gasteiger partial charge < -0.3 is 0 Å². The van der Waals surface area contributed by atoms with E-state index < -0.39 is 0 Å². The molecule has 0 heteroatoms. The first-order valence-electron chi connectivity index (χ1n) is 17.8. The van der Waals surface area contributed by atoms with Gasteiger partial charge in [-0.1, -0.05) is 190 Å². The third-order valence-electron chi connectivity index (χ3n) is 11.3. The minimum Gasteiger partial charge on any atom is -0.0619 e. The molecule has 240 valence electrons. The van der Waals surface area contributed by atoms with Gasteiger partial charge >= 0.3 is 0 Å². The Bertz CT molecular complexity index is 2440. The molecule has 8 aromatic rings. The Labute approximate surface area is 295 Å². The highest BCUT2D eigenvalue weighted by atomic mass is 14.5. The zero-order valence-electron chi connectivity index (χ0n) is 29.0. The van der Waals surface area contributed by atoms with Gasteiger partial charge in [0, 0.05) is 5.41 Å². The molecule has 0 radical (unpaired) electrons. The Balaban J connectivity index is 0.000000142. The maximum absolute atomic E-state index is 2.37. The molecular weight excluding hydrogens is 601 g/mol. The second-order valence-electron chi connectivity index (χ2n) is 14.5. The van der Waals surface area contributed by atoms with Crippen LogP contribution < -0.4 is 0 Å². The van der Waals surface area contributed by atoms with Crippen LogP contribution in [0.1, 0.15) is 63.9 Å². The van der Waals surface area contributed by atoms with Gasteiger partial charge in [-0.2, -0.15) is 0 Å². The van der Waals surface area contributed by atoms with Crippen molar-refractivity contribution in [2.75, 3.05) is 0 Å². The number of rotatable bonds is 2. The third kappa shape index (κ3) is 4.59. The third-order valence-corrected chi connectivity index (χ3v) is 11.3. The molecule has 0 saturated carbocycles. The van der Waals surface area contributed by atoms with Gasteiger partial charge in [-0.15, -0.1) is 0 Å². The molecular formula is C50H40. The molecule has 0 fully saturated rings. The fourth-order valence-electron chi connectivity index (χ4n) is 9.02. The lowest BCUT2D eigenvalue weighted by molar-refractivity contribution is 0.563. The SMILES string of the molecule is Cc1cccc2c1-c1ccccc1C21c2ccccc2C(C)(C)c2ccccc21.c1ccc2cc(Cc3ccc4ccccc4c3)ccc2c1. The van der Waals surface area contributed by atoms with Crippen LogP contribution in [0, 0.1) is 6.92 Å². The van der Waals surface area contributed by atoms with Crippen LogP contribution in [0.15, 0.2) is 176 Å². The summed E-state index contributed by atoms with van der Waals surface area (Å²) in [4.78, 5) is 0. The monoisotopic (exact) mass is 640 g/mol. The molecule has 1 spiro atoms. The van der Waals surface area contributed by atoms with Gasteiger partial charge in [-0.05, 0) is 96.1 Å². The molecule has 0 amide bonds. The van der Waals surface area contributed by atoms with Gasteiger partial charge in [0.25, 0.3) is 0 Å². The van der Waals surface area contributed by atoms with Crippen molar-refractivity contribution in [1.82, 2.24) is 0 Å². The highest BCUT2D eigenvalue weighted by Gasteiger charge is 2.53. The number of fused-ring (bicyclic) bond motifs is 11. The molecule has 0 aliphatic heterocycles. The number of benzene rings is 8. The summed E-state index contributed by atoms with van der Waals surface area (Å²) < 4.78 is 0. The van der Waals surface area contributed by atoms with Crippen molar-refractivity contribution >= 4 is 21.5 Å². The van der Waals surface area contributed by atoms with Crippen molar-refractivity contribution in [1.29, 1.82) is 0 Å². The van der Waals surface area contributed by atoms with Gasteiger partial charge in [0.15, 0.2) is 0 Å². The topological polar surface area (TPSA) is 0 Å². The molecule has 0 saturated heterocycles. The van der Waals surface area contributed by atoms with Crippen molar-refractivity contribution in [3.8, 4) is 11.1 Å². The summed E-state index contributed by atoms with van der Waals surface area (Å²) in [7, 11) is 0. The van der Waals surface area contributed by atoms with Gasteiger partial charge in [-0.25, -0.2) is 0 Å². The summed E-state index contributed by atoms with van der Waals surface area (Å²) in [6, 6.07) is 64.6. The van der Waals surface area contributed by atoms with Crippen molar-refractivity contribution in [2.24, 2.45) is 0 Å². The van der Waals surface area contributed by atoms with Crippen molar-refractivity contribution in [3.63, 3.8) is 0 Å². The second kappa shape index (κ2) is 11.7. The normalized spacial score (nSPS) is 14.3. The van der Waals surface area contributed by atoms with Crippen LogP contribution in [0.2, 0.25) is 0 Å². The van der Waals surface area contributed by atoms with Crippen LogP contribution >= 0.6 is 0 Å². The summed E-state index contributed by atoms with van der Waals surface area (Å²) in [5.74, 6) is 0. The molecule has 0 atom stereocenters. The zero-order valence-corrected chi connectivity index (χ0v) is 29.0. The molecule has 10 rings (SSSR count). The lowest BCUT2D eigenvalue weighted by Crippen LogP contribution is -2.40. The summed E-state index contributed by atoms with van der Waals surface area (Å²) in [6.45, 7) is 6.99. The standard InChI is InChI=1S/C29H24.C21H16/c1-19-11-10-18-26-27(19)20-12-4-5-13-21(20)29(26)24-16-8-6-14-22(24)28(2,3)23-15-7-9-17-25(23)29;1-3-7-20-14-16(9-11-18(20)5-1)13-17-10-12-19-6-2-4-8-21(19)15-17/h4-18H,1-3H3;1-12,14-15H,13H2. The fourth-order valence-corrected chi connectivity index (χ4v) is 9.02. The van der Waals surface area contributed by atoms with E-state index in [2.05, 4.69) is 197 Å². The zero-order chi connectivity index (χ0) is 33.9. The highest BCUT2D eigenvalue weighted by molar-refractivity contribution is 5.90. The highest BCUT2D eigenvalue weighted by Crippen LogP contribution is 2.62. The van der Waals surface area contributed by atoms with E-state index in [1.54, 1.807) is 0 Å². The van der Waals surface area contributed by atoms with E-state index in [0.29, 0.717) is 0 Å². The van der Waals surface area contributed by atoms with Crippen molar-refractivity contribution < 1.29 is 0 Å². The minimum absolute atomic E-state index is 0.0278. The van der Waals surface area contributed by atoms with Gasteiger partial charge in [0.05, 0.1) is 5.41 Å². The molecule has 8 aromatic carbocycles. The average molecular weight is 641 g/mol. The van der Waals surface area contributed by atoms with Crippen molar-refractivity contribution in [2.45, 2.75) is 38.0 Å². The molecule has 2 aliphatic carbocycles. The Morgan fingerprint density at radius 1 is 0.380 bits per heavy atom. The number of hydrogen-bond acceptors (Lipinski definition) is 0. The van der Waals surface area contributed by atoms with E-state index in [0.717, 1.165) is 6.42 Å². The van der Waals surface area contributed by atoms with E-state index in [1.807, 2.05) is 0 Å². The maximum Gasteiger partial charge on any atom is 0.0719 e. The van der Waals surface area contributed by atoms with E-state index in [4.69, 9.17) is 0 Å². The minimum atomic E-state index is -0.249. The molecule has 0 N–H and O–H groups in total. The molecule has 2 aliphatic rings. The second-order valence-corrected chi connectivity index (χ2v) is 14.5. The van der Waals surface area contributed by atoms with E-state index in [9.17, 15) is 0 Å². The molecule has 0 nitrogen and oxygen atoms in total. The smallest absolute Gasteiger partial charge is 0.0619 e. The van der Waals surface area contributed by atoms with Gasteiger partial charge in [0.1, 0.15) is 0 Å². The Hall–Kier alpha value is -5.72. The van der Waals surface area contributed by atoms with E-state index >= 15 is 0 Å². The van der Waals surface area contributed by atoms with E-state index in [-0.39, 0.29) is 10.8 Å². The Kier molecular flexibility index (Phi) is 7.11. The summed E-state index contributed by atoms with van der Waals surface area (Å²) in [6.07, 6.45) is 0.982. The van der Waals surface area contributed by atoms with Crippen LogP contribution in [-0.4, -0.2) is 0 Å². The molecule has 50 heavy (non-hydrogen) atoms. The molecule has 0 unspecified atom stereocenters. The average Bonchev–Trinajstić information content (AvgIpc) is 3.46. The van der Waals surface area contributed by atoms with Crippen LogP contribution in [-0.2, 0) is 17.3 Å². The Morgan fingerprint density at radius 3 is 1.38 bits per heavy atom. The quantitative estimate of drug-likeness (QED) is 0.176. The maximum atomic E-state index is 2.37. The van der Waals surface area contributed by atoms with Crippen LogP contribution in [0.5, 0.6) is 0 Å². The number of hydrogen-bond donors (Lipinski definition) is 0. The molecule has 0 heterocycles. The van der Waals surface area contributed by atoms with Crippen LogP contribution in [0.3, 0.4) is 0 Å². The first kappa shape index (κ1) is 30.3. The largest absolute Gasteiger partial charge is 0.0719 e. The predicted octanol–water partition coefficient (Wildman–Crippen LogP) is 12.6. The predicted molar refractivity (Wildman–Crippen MR) is 211 cm³/mol. The lowest BCUT2D eigenvalue weighted by atomic mass is 9.55. The first-order chi connectivity index (χ1) is 24.5. The first-order valence-corrected chi connectivity index (χ1v) is 17.8. The van der Waals surface area contributed by atoms with E-state index in [1.165, 1.54) is 82.7 Å². The summed E-state index contributed by atoms with van der Waals surface area (Å²) >= 11 is 0. The summed E-state index contributed by atoms with van der Waals surface area (Å²) in [5, 5.41) is 5.24. The van der Waals surface area contributed by atoms with Crippen molar-refractivity contribution in [3.05, 3.63) is 226 Å². The van der Waals surface area contributed by atoms with Crippen LogP contribution in [0.25, 0.3) is 32.7 Å². The number of aryl methyl sites for hydroxylation is 1. The lowest BCUT2D eigenvalue weighted by Gasteiger charge is -2.46. The van der Waals surface area contributed by atoms with Gasteiger partial charge in [-0.3, -0.25) is 0 Å².